The van der Waals surface area contributed by atoms with Crippen LogP contribution in [0.5, 0.6) is 11.5 Å². The van der Waals surface area contributed by atoms with Crippen LogP contribution in [-0.2, 0) is 20.2 Å². The van der Waals surface area contributed by atoms with Crippen LogP contribution < -0.4 is 19.1 Å². The van der Waals surface area contributed by atoms with Crippen LogP contribution in [0.15, 0.2) is 71.6 Å². The minimum absolute atomic E-state index is 0.0298. The van der Waals surface area contributed by atoms with Crippen LogP contribution >= 0.6 is 11.6 Å². The predicted octanol–water partition coefficient (Wildman–Crippen LogP) is 6.66. The van der Waals surface area contributed by atoms with E-state index in [0.29, 0.717) is 22.1 Å². The summed E-state index contributed by atoms with van der Waals surface area (Å²) in [6.07, 6.45) is 8.00. The molecule has 4 aliphatic carbocycles. The second kappa shape index (κ2) is 10.9. The first-order valence-corrected chi connectivity index (χ1v) is 15.9. The van der Waals surface area contributed by atoms with Crippen molar-refractivity contribution in [3.8, 4) is 11.5 Å². The fourth-order valence-corrected chi connectivity index (χ4v) is 9.29. The van der Waals surface area contributed by atoms with Crippen molar-refractivity contribution in [1.82, 2.24) is 0 Å². The molecule has 4 bridgehead atoms. The second-order valence-corrected chi connectivity index (χ2v) is 14.1. The Balaban J connectivity index is 1.22. The zero-order valence-electron chi connectivity index (χ0n) is 23.3. The summed E-state index contributed by atoms with van der Waals surface area (Å²) in [5, 5.41) is 3.36. The van der Waals surface area contributed by atoms with Gasteiger partial charge in [-0.3, -0.25) is 9.10 Å². The van der Waals surface area contributed by atoms with E-state index >= 15 is 0 Å². The molecule has 7 rings (SSSR count). The minimum Gasteiger partial charge on any atom is -0.493 e. The number of halogens is 1. The van der Waals surface area contributed by atoms with Crippen LogP contribution in [0.25, 0.3) is 0 Å². The summed E-state index contributed by atoms with van der Waals surface area (Å²) in [6.45, 7) is -0.422. The van der Waals surface area contributed by atoms with Crippen molar-refractivity contribution >= 4 is 38.9 Å². The van der Waals surface area contributed by atoms with Crippen LogP contribution in [0.4, 0.5) is 11.4 Å². The summed E-state index contributed by atoms with van der Waals surface area (Å²) < 4.78 is 39.3. The van der Waals surface area contributed by atoms with Crippen LogP contribution in [0, 0.1) is 17.8 Å². The molecule has 0 aliphatic heterocycles. The van der Waals surface area contributed by atoms with Gasteiger partial charge in [0.25, 0.3) is 10.0 Å². The number of rotatable bonds is 9. The topological polar surface area (TPSA) is 84.9 Å². The Labute approximate surface area is 246 Å². The molecule has 4 aliphatic rings. The normalized spacial score (nSPS) is 24.6. The zero-order valence-corrected chi connectivity index (χ0v) is 24.9. The molecule has 1 amide bonds. The van der Waals surface area contributed by atoms with Crippen molar-refractivity contribution in [2.75, 3.05) is 30.4 Å². The largest absolute Gasteiger partial charge is 0.493 e. The van der Waals surface area contributed by atoms with Crippen molar-refractivity contribution in [3.63, 3.8) is 0 Å². The zero-order chi connectivity index (χ0) is 28.8. The van der Waals surface area contributed by atoms with Crippen LogP contribution in [0.1, 0.15) is 44.1 Å². The van der Waals surface area contributed by atoms with E-state index in [4.69, 9.17) is 21.1 Å². The first-order valence-electron chi connectivity index (χ1n) is 14.1. The first-order chi connectivity index (χ1) is 19.7. The highest BCUT2D eigenvalue weighted by Crippen LogP contribution is 2.60. The highest BCUT2D eigenvalue weighted by atomic mass is 35.5. The molecule has 41 heavy (non-hydrogen) atoms. The Morgan fingerprint density at radius 3 is 2.02 bits per heavy atom. The third kappa shape index (κ3) is 5.40. The maximum atomic E-state index is 13.8. The number of hydrogen-bond donors (Lipinski definition) is 1. The van der Waals surface area contributed by atoms with Gasteiger partial charge in [0, 0.05) is 16.8 Å². The number of methoxy groups -OCH3 is 2. The molecule has 216 valence electrons. The molecule has 0 heterocycles. The van der Waals surface area contributed by atoms with E-state index in [1.807, 2.05) is 12.1 Å². The quantitative estimate of drug-likeness (QED) is 0.299. The van der Waals surface area contributed by atoms with Gasteiger partial charge in [-0.05, 0) is 116 Å². The van der Waals surface area contributed by atoms with Crippen LogP contribution in [0.3, 0.4) is 0 Å². The molecule has 1 N–H and O–H groups in total. The van der Waals surface area contributed by atoms with Gasteiger partial charge in [-0.25, -0.2) is 8.42 Å². The van der Waals surface area contributed by atoms with Gasteiger partial charge in [-0.1, -0.05) is 23.7 Å². The third-order valence-corrected chi connectivity index (χ3v) is 11.2. The van der Waals surface area contributed by atoms with Crippen molar-refractivity contribution in [2.45, 2.75) is 48.8 Å². The highest BCUT2D eigenvalue weighted by molar-refractivity contribution is 7.92. The van der Waals surface area contributed by atoms with Gasteiger partial charge in [0.05, 0.1) is 24.8 Å². The van der Waals surface area contributed by atoms with Crippen LogP contribution in [-0.4, -0.2) is 35.1 Å². The van der Waals surface area contributed by atoms with Gasteiger partial charge in [0.1, 0.15) is 6.54 Å². The molecule has 0 aromatic heterocycles. The van der Waals surface area contributed by atoms with E-state index in [-0.39, 0.29) is 16.1 Å². The van der Waals surface area contributed by atoms with Crippen molar-refractivity contribution in [1.29, 1.82) is 0 Å². The van der Waals surface area contributed by atoms with E-state index in [1.165, 1.54) is 76.5 Å². The number of ether oxygens (including phenoxy) is 2. The Morgan fingerprint density at radius 2 is 1.46 bits per heavy atom. The lowest BCUT2D eigenvalue weighted by Crippen LogP contribution is -2.48. The lowest BCUT2D eigenvalue weighted by atomic mass is 9.48. The monoisotopic (exact) mass is 594 g/mol. The summed E-state index contributed by atoms with van der Waals surface area (Å²) in [7, 11) is -1.23. The van der Waals surface area contributed by atoms with E-state index in [0.717, 1.165) is 22.1 Å². The van der Waals surface area contributed by atoms with E-state index in [2.05, 4.69) is 17.4 Å². The molecular weight excluding hydrogens is 560 g/mol. The van der Waals surface area contributed by atoms with Gasteiger partial charge in [-0.15, -0.1) is 0 Å². The first kappa shape index (κ1) is 27.9. The summed E-state index contributed by atoms with van der Waals surface area (Å²) in [5.74, 6) is 2.78. The lowest BCUT2D eigenvalue weighted by molar-refractivity contribution is -0.114. The fraction of sp³-hybridized carbons (Fsp3) is 0.406. The Hall–Kier alpha value is -3.23. The molecule has 0 spiro atoms. The van der Waals surface area contributed by atoms with Crippen molar-refractivity contribution < 1.29 is 22.7 Å². The van der Waals surface area contributed by atoms with Gasteiger partial charge in [0.2, 0.25) is 5.91 Å². The average Bonchev–Trinajstić information content (AvgIpc) is 2.95. The number of carbonyl (C=O) groups excluding carboxylic acids is 1. The van der Waals surface area contributed by atoms with Gasteiger partial charge >= 0.3 is 0 Å². The summed E-state index contributed by atoms with van der Waals surface area (Å²) in [5.41, 5.74) is 2.60. The second-order valence-electron chi connectivity index (χ2n) is 11.8. The van der Waals surface area contributed by atoms with Gasteiger partial charge in [0.15, 0.2) is 11.5 Å². The van der Waals surface area contributed by atoms with Crippen molar-refractivity contribution in [2.24, 2.45) is 17.8 Å². The number of amides is 1. The number of sulfonamides is 1. The smallest absolute Gasteiger partial charge is 0.264 e. The minimum atomic E-state index is -4.15. The predicted molar refractivity (Wildman–Crippen MR) is 160 cm³/mol. The molecule has 7 nitrogen and oxygen atoms in total. The highest BCUT2D eigenvalue weighted by Gasteiger charge is 2.51. The number of anilines is 2. The third-order valence-electron chi connectivity index (χ3n) is 9.16. The molecule has 3 aromatic carbocycles. The molecular formula is C32H35ClN2O5S. The molecule has 4 saturated carbocycles. The molecule has 4 fully saturated rings. The summed E-state index contributed by atoms with van der Waals surface area (Å²) in [6, 6.07) is 18.9. The Bertz CT molecular complexity index is 1500. The number of benzene rings is 3. The van der Waals surface area contributed by atoms with E-state index in [9.17, 15) is 13.2 Å². The van der Waals surface area contributed by atoms with Crippen molar-refractivity contribution in [3.05, 3.63) is 77.3 Å². The Morgan fingerprint density at radius 1 is 0.878 bits per heavy atom. The molecule has 0 saturated heterocycles. The summed E-state index contributed by atoms with van der Waals surface area (Å²) >= 11 is 6.07. The van der Waals surface area contributed by atoms with E-state index < -0.39 is 22.5 Å². The Kier molecular flexibility index (Phi) is 7.41. The molecule has 9 heteroatoms. The molecule has 0 unspecified atom stereocenters. The summed E-state index contributed by atoms with van der Waals surface area (Å²) in [4.78, 5) is 13.3. The number of hydrogen-bond acceptors (Lipinski definition) is 5. The van der Waals surface area contributed by atoms with Gasteiger partial charge in [-0.2, -0.15) is 0 Å². The van der Waals surface area contributed by atoms with Gasteiger partial charge < -0.3 is 14.8 Å². The van der Waals surface area contributed by atoms with E-state index in [1.54, 1.807) is 24.3 Å². The standard InChI is InChI=1S/C32H35ClN2O5S/c1-39-29-12-11-28(16-30(29)40-2)41(37,38)35(27-9-5-25(33)6-10-27)20-31(36)34-26-7-3-24(4-8-26)32-17-21-13-22(18-32)15-23(14-21)19-32/h3-12,16,21-23H,13-15,17-20H2,1-2H3,(H,34,36). The number of nitrogens with one attached hydrogen (secondary N) is 1. The maximum absolute atomic E-state index is 13.8. The van der Waals surface area contributed by atoms with Crippen LogP contribution in [0.2, 0.25) is 5.02 Å². The lowest BCUT2D eigenvalue weighted by Gasteiger charge is -2.57. The number of carbonyl (C=O) groups is 1. The fourth-order valence-electron chi connectivity index (χ4n) is 7.73. The molecule has 3 aromatic rings. The molecule has 0 atom stereocenters. The number of nitrogens with zero attached hydrogens (tertiary/aromatic N) is 1. The average molecular weight is 595 g/mol. The SMILES string of the molecule is COc1ccc(S(=O)(=O)N(CC(=O)Nc2ccc(C34CC5CC(CC(C5)C3)C4)cc2)c2ccc(Cl)cc2)cc1OC. The molecule has 0 radical (unpaired) electrons. The maximum Gasteiger partial charge on any atom is 0.264 e.